The number of rotatable bonds is 9. The molecule has 0 bridgehead atoms. The summed E-state index contributed by atoms with van der Waals surface area (Å²) in [5, 5.41) is 3.43. The minimum Gasteiger partial charge on any atom is -0.468 e. The van der Waals surface area contributed by atoms with E-state index in [0.717, 1.165) is 33.5 Å². The van der Waals surface area contributed by atoms with Crippen molar-refractivity contribution < 1.29 is 28.7 Å². The Morgan fingerprint density at radius 1 is 0.863 bits per heavy atom. The summed E-state index contributed by atoms with van der Waals surface area (Å²) in [5.74, 6) is -1.05. The van der Waals surface area contributed by atoms with Gasteiger partial charge in [0, 0.05) is 36.1 Å². The third kappa shape index (κ3) is 6.76. The Bertz CT molecular complexity index is 1880. The van der Waals surface area contributed by atoms with E-state index in [0.29, 0.717) is 17.9 Å². The minimum absolute atomic E-state index is 0.119. The molecule has 3 amide bonds. The molecule has 0 saturated carbocycles. The summed E-state index contributed by atoms with van der Waals surface area (Å²) < 4.78 is 10.7. The maximum absolute atomic E-state index is 14.2. The highest BCUT2D eigenvalue weighted by atomic mass is 35.5. The van der Waals surface area contributed by atoms with E-state index in [1.807, 2.05) is 71.6 Å². The molecule has 1 atom stereocenters. The second-order valence-electron chi connectivity index (χ2n) is 13.2. The van der Waals surface area contributed by atoms with Gasteiger partial charge < -0.3 is 29.5 Å². The van der Waals surface area contributed by atoms with Gasteiger partial charge in [-0.25, -0.2) is 4.79 Å². The van der Waals surface area contributed by atoms with Crippen LogP contribution in [0.1, 0.15) is 35.4 Å². The maximum atomic E-state index is 14.2. The maximum Gasteiger partial charge on any atom is 0.407 e. The zero-order chi connectivity index (χ0) is 35.5. The van der Waals surface area contributed by atoms with Crippen molar-refractivity contribution in [2.75, 3.05) is 44.9 Å². The second kappa shape index (κ2) is 14.5. The normalized spacial score (nSPS) is 16.8. The van der Waals surface area contributed by atoms with E-state index in [-0.39, 0.29) is 57.1 Å². The molecule has 1 N–H and O–H groups in total. The first-order chi connectivity index (χ1) is 24.8. The van der Waals surface area contributed by atoms with Crippen molar-refractivity contribution in [3.05, 3.63) is 125 Å². The molecule has 51 heavy (non-hydrogen) atoms. The molecule has 3 aliphatic rings. The minimum atomic E-state index is -0.932. The number of ether oxygens (including phenoxy) is 2. The van der Waals surface area contributed by atoms with E-state index >= 15 is 0 Å². The summed E-state index contributed by atoms with van der Waals surface area (Å²) in [4.78, 5) is 59.1. The van der Waals surface area contributed by atoms with E-state index in [2.05, 4.69) is 29.6 Å². The average Bonchev–Trinajstić information content (AvgIpc) is 3.62. The van der Waals surface area contributed by atoms with Gasteiger partial charge in [0.05, 0.1) is 13.8 Å². The molecule has 0 radical (unpaired) electrons. The standard InChI is InChI=1S/C40H39ClN4O6/c1-50-36(46)24-44-26-45(29-9-3-2-4-10-29)40(38(44)48)19-21-43(22-20-40)37(47)35(23-27-15-17-28(41)18-16-27)42-39(49)51-25-34-32-13-7-5-11-30(32)31-12-6-8-14-33(31)34/h2-18,34-35H,19-26H2,1H3,(H,42,49)/t35-/m1/s1. The van der Waals surface area contributed by atoms with Crippen LogP contribution in [0.5, 0.6) is 0 Å². The van der Waals surface area contributed by atoms with Gasteiger partial charge >= 0.3 is 12.1 Å². The molecule has 0 unspecified atom stereocenters. The van der Waals surface area contributed by atoms with Gasteiger partial charge in [-0.05, 0) is 64.9 Å². The predicted octanol–water partition coefficient (Wildman–Crippen LogP) is 5.63. The molecule has 7 rings (SSSR count). The third-order valence-electron chi connectivity index (χ3n) is 10.3. The van der Waals surface area contributed by atoms with Crippen LogP contribution in [-0.4, -0.2) is 85.3 Å². The summed E-state index contributed by atoms with van der Waals surface area (Å²) in [7, 11) is 1.30. The topological polar surface area (TPSA) is 108 Å². The number of hydrogen-bond acceptors (Lipinski definition) is 7. The molecular formula is C40H39ClN4O6. The van der Waals surface area contributed by atoms with Gasteiger partial charge in [0.2, 0.25) is 5.91 Å². The number of alkyl carbamates (subject to hydrolysis) is 1. The van der Waals surface area contributed by atoms with Gasteiger partial charge in [-0.2, -0.15) is 0 Å². The molecule has 0 aromatic heterocycles. The Kier molecular flexibility index (Phi) is 9.69. The summed E-state index contributed by atoms with van der Waals surface area (Å²) in [6.07, 6.45) is 0.243. The summed E-state index contributed by atoms with van der Waals surface area (Å²) in [5.41, 5.74) is 5.19. The van der Waals surface area contributed by atoms with Crippen molar-refractivity contribution in [2.24, 2.45) is 0 Å². The van der Waals surface area contributed by atoms with E-state index in [4.69, 9.17) is 21.1 Å². The smallest absolute Gasteiger partial charge is 0.407 e. The fraction of sp³-hybridized carbons (Fsp3) is 0.300. The van der Waals surface area contributed by atoms with Gasteiger partial charge in [-0.15, -0.1) is 0 Å². The van der Waals surface area contributed by atoms with Gasteiger partial charge in [-0.3, -0.25) is 14.4 Å². The largest absolute Gasteiger partial charge is 0.468 e. The van der Waals surface area contributed by atoms with Crippen LogP contribution < -0.4 is 10.2 Å². The first-order valence-electron chi connectivity index (χ1n) is 17.1. The molecule has 262 valence electrons. The van der Waals surface area contributed by atoms with Crippen LogP contribution in [0, 0.1) is 0 Å². The zero-order valence-corrected chi connectivity index (χ0v) is 29.1. The number of halogens is 1. The lowest BCUT2D eigenvalue weighted by Crippen LogP contribution is -2.59. The molecule has 2 saturated heterocycles. The van der Waals surface area contributed by atoms with Gasteiger partial charge in [-0.1, -0.05) is 90.5 Å². The Labute approximate surface area is 301 Å². The molecular weight excluding hydrogens is 668 g/mol. The average molecular weight is 707 g/mol. The number of fused-ring (bicyclic) bond motifs is 3. The van der Waals surface area contributed by atoms with Crippen molar-refractivity contribution in [2.45, 2.75) is 36.8 Å². The van der Waals surface area contributed by atoms with Crippen LogP contribution in [-0.2, 0) is 30.3 Å². The quantitative estimate of drug-likeness (QED) is 0.225. The van der Waals surface area contributed by atoms with Gasteiger partial charge in [0.15, 0.2) is 0 Å². The van der Waals surface area contributed by atoms with Crippen LogP contribution in [0.3, 0.4) is 0 Å². The van der Waals surface area contributed by atoms with Crippen molar-refractivity contribution in [1.29, 1.82) is 0 Å². The number of esters is 1. The zero-order valence-electron chi connectivity index (χ0n) is 28.3. The molecule has 1 aliphatic carbocycles. The lowest BCUT2D eigenvalue weighted by molar-refractivity contribution is -0.147. The Morgan fingerprint density at radius 2 is 1.47 bits per heavy atom. The van der Waals surface area contributed by atoms with Crippen molar-refractivity contribution >= 4 is 41.2 Å². The predicted molar refractivity (Wildman–Crippen MR) is 193 cm³/mol. The number of piperidine rings is 1. The monoisotopic (exact) mass is 706 g/mol. The Morgan fingerprint density at radius 3 is 2.10 bits per heavy atom. The fourth-order valence-corrected chi connectivity index (χ4v) is 7.82. The first-order valence-corrected chi connectivity index (χ1v) is 17.5. The van der Waals surface area contributed by atoms with Gasteiger partial charge in [0.1, 0.15) is 24.7 Å². The van der Waals surface area contributed by atoms with Crippen molar-refractivity contribution in [3.8, 4) is 11.1 Å². The highest BCUT2D eigenvalue weighted by Crippen LogP contribution is 2.44. The van der Waals surface area contributed by atoms with Crippen molar-refractivity contribution in [3.63, 3.8) is 0 Å². The summed E-state index contributed by atoms with van der Waals surface area (Å²) in [6.45, 7) is 0.755. The van der Waals surface area contributed by atoms with Crippen LogP contribution in [0.25, 0.3) is 11.1 Å². The summed E-state index contributed by atoms with van der Waals surface area (Å²) in [6, 6.07) is 32.1. The lowest BCUT2D eigenvalue weighted by atomic mass is 9.85. The number of nitrogens with one attached hydrogen (secondary N) is 1. The Balaban J connectivity index is 1.07. The molecule has 2 heterocycles. The van der Waals surface area contributed by atoms with Crippen molar-refractivity contribution in [1.82, 2.24) is 15.1 Å². The number of nitrogens with zero attached hydrogens (tertiary/aromatic N) is 3. The molecule has 10 nitrogen and oxygen atoms in total. The highest BCUT2D eigenvalue weighted by Gasteiger charge is 2.54. The summed E-state index contributed by atoms with van der Waals surface area (Å²) >= 11 is 6.14. The fourth-order valence-electron chi connectivity index (χ4n) is 7.70. The lowest BCUT2D eigenvalue weighted by Gasteiger charge is -2.44. The number of methoxy groups -OCH3 is 1. The Hall–Kier alpha value is -5.35. The van der Waals surface area contributed by atoms with E-state index in [9.17, 15) is 19.2 Å². The third-order valence-corrected chi connectivity index (χ3v) is 10.6. The van der Waals surface area contributed by atoms with Crippen LogP contribution in [0.4, 0.5) is 10.5 Å². The number of benzene rings is 4. The molecule has 1 spiro atoms. The molecule has 11 heteroatoms. The SMILES string of the molecule is COC(=O)CN1CN(c2ccccc2)C2(CCN(C(=O)[C@@H](Cc3ccc(Cl)cc3)NC(=O)OCC3c4ccccc4-c4ccccc43)CC2)C1=O. The highest BCUT2D eigenvalue weighted by molar-refractivity contribution is 6.30. The van der Waals surface area contributed by atoms with E-state index in [1.54, 1.807) is 17.0 Å². The molecule has 4 aromatic rings. The molecule has 2 aliphatic heterocycles. The number of carbonyl (C=O) groups excluding carboxylic acids is 4. The number of para-hydroxylation sites is 1. The van der Waals surface area contributed by atoms with Gasteiger partial charge in [0.25, 0.3) is 5.91 Å². The number of amides is 3. The van der Waals surface area contributed by atoms with E-state index < -0.39 is 23.6 Å². The number of anilines is 1. The van der Waals surface area contributed by atoms with Crippen LogP contribution in [0.2, 0.25) is 5.02 Å². The van der Waals surface area contributed by atoms with Crippen LogP contribution >= 0.6 is 11.6 Å². The first kappa shape index (κ1) is 34.1. The van der Waals surface area contributed by atoms with Crippen LogP contribution in [0.15, 0.2) is 103 Å². The number of likely N-dealkylation sites (tertiary alicyclic amines) is 1. The van der Waals surface area contributed by atoms with E-state index in [1.165, 1.54) is 12.0 Å². The second-order valence-corrected chi connectivity index (χ2v) is 13.6. The number of carbonyl (C=O) groups is 4. The number of hydrogen-bond donors (Lipinski definition) is 1. The molecule has 4 aromatic carbocycles. The molecule has 2 fully saturated rings.